The molecule has 6 heteroatoms. The van der Waals surface area contributed by atoms with Gasteiger partial charge in [-0.1, -0.05) is 19.1 Å². The Morgan fingerprint density at radius 1 is 1.06 bits per heavy atom. The van der Waals surface area contributed by atoms with Gasteiger partial charge in [0, 0.05) is 38.6 Å². The predicted molar refractivity (Wildman–Crippen MR) is 123 cm³/mol. The van der Waals surface area contributed by atoms with Crippen LogP contribution in [0.5, 0.6) is 5.75 Å². The van der Waals surface area contributed by atoms with E-state index in [1.807, 2.05) is 36.1 Å². The maximum Gasteiger partial charge on any atom is 0.237 e. The Morgan fingerprint density at radius 2 is 1.77 bits per heavy atom. The minimum Gasteiger partial charge on any atom is -0.497 e. The molecule has 1 N–H and O–H groups in total. The minimum absolute atomic E-state index is 0.138. The summed E-state index contributed by atoms with van der Waals surface area (Å²) in [6, 6.07) is 8.09. The highest BCUT2D eigenvalue weighted by molar-refractivity contribution is 5.81. The molecule has 1 aromatic rings. The monoisotopic (exact) mass is 429 g/mol. The maximum absolute atomic E-state index is 12.8. The fourth-order valence-corrected chi connectivity index (χ4v) is 4.67. The van der Waals surface area contributed by atoms with Gasteiger partial charge in [0.1, 0.15) is 5.75 Å². The predicted octanol–water partition coefficient (Wildman–Crippen LogP) is 3.25. The van der Waals surface area contributed by atoms with Crippen LogP contribution in [0.2, 0.25) is 0 Å². The molecule has 2 amide bonds. The second-order valence-electron chi connectivity index (χ2n) is 9.26. The molecule has 2 fully saturated rings. The number of carbonyl (C=O) groups excluding carboxylic acids is 2. The van der Waals surface area contributed by atoms with Gasteiger partial charge < -0.3 is 15.0 Å². The van der Waals surface area contributed by atoms with Crippen LogP contribution in [0.1, 0.15) is 57.9 Å². The van der Waals surface area contributed by atoms with Crippen molar-refractivity contribution in [3.63, 3.8) is 0 Å². The number of benzene rings is 1. The van der Waals surface area contributed by atoms with Crippen molar-refractivity contribution in [2.75, 3.05) is 33.3 Å². The number of ether oxygens (including phenoxy) is 1. The highest BCUT2D eigenvalue weighted by atomic mass is 16.5. The van der Waals surface area contributed by atoms with Crippen LogP contribution < -0.4 is 10.1 Å². The molecular weight excluding hydrogens is 390 g/mol. The molecule has 0 radical (unpaired) electrons. The number of aryl methyl sites for hydroxylation is 1. The van der Waals surface area contributed by atoms with Crippen molar-refractivity contribution in [3.05, 3.63) is 29.8 Å². The molecule has 1 saturated carbocycles. The summed E-state index contributed by atoms with van der Waals surface area (Å²) >= 11 is 0. The second kappa shape index (κ2) is 11.5. The number of rotatable bonds is 7. The Labute approximate surface area is 187 Å². The van der Waals surface area contributed by atoms with Gasteiger partial charge in [-0.05, 0) is 69.1 Å². The molecule has 3 rings (SSSR count). The number of methoxy groups -OCH3 is 1. The third-order valence-electron chi connectivity index (χ3n) is 6.96. The highest BCUT2D eigenvalue weighted by Crippen LogP contribution is 2.23. The first-order valence-electron chi connectivity index (χ1n) is 11.9. The summed E-state index contributed by atoms with van der Waals surface area (Å²) in [6.07, 6.45) is 6.76. The fraction of sp³-hybridized carbons (Fsp3) is 0.680. The smallest absolute Gasteiger partial charge is 0.237 e. The Kier molecular flexibility index (Phi) is 8.76. The normalized spacial score (nSPS) is 23.6. The lowest BCUT2D eigenvalue weighted by Gasteiger charge is -2.31. The van der Waals surface area contributed by atoms with Crippen LogP contribution >= 0.6 is 0 Å². The average molecular weight is 430 g/mol. The molecule has 0 spiro atoms. The van der Waals surface area contributed by atoms with Crippen molar-refractivity contribution >= 4 is 11.8 Å². The van der Waals surface area contributed by atoms with E-state index < -0.39 is 0 Å². The number of amides is 2. The van der Waals surface area contributed by atoms with Crippen LogP contribution in [0.4, 0.5) is 0 Å². The van der Waals surface area contributed by atoms with E-state index in [9.17, 15) is 9.59 Å². The topological polar surface area (TPSA) is 61.9 Å². The molecule has 1 atom stereocenters. The first-order valence-corrected chi connectivity index (χ1v) is 11.9. The molecule has 0 bridgehead atoms. The second-order valence-corrected chi connectivity index (χ2v) is 9.26. The summed E-state index contributed by atoms with van der Waals surface area (Å²) in [4.78, 5) is 29.7. The summed E-state index contributed by atoms with van der Waals surface area (Å²) < 4.78 is 5.19. The number of carbonyl (C=O) groups is 2. The van der Waals surface area contributed by atoms with Gasteiger partial charge in [-0.2, -0.15) is 0 Å². The zero-order valence-electron chi connectivity index (χ0n) is 19.4. The summed E-state index contributed by atoms with van der Waals surface area (Å²) in [7, 11) is 1.65. The van der Waals surface area contributed by atoms with Gasteiger partial charge in [-0.3, -0.25) is 14.5 Å². The average Bonchev–Trinajstić information content (AvgIpc) is 3.05. The van der Waals surface area contributed by atoms with Gasteiger partial charge in [0.25, 0.3) is 0 Å². The molecule has 1 unspecified atom stereocenters. The quantitative estimate of drug-likeness (QED) is 0.723. The van der Waals surface area contributed by atoms with Crippen molar-refractivity contribution in [1.82, 2.24) is 15.1 Å². The van der Waals surface area contributed by atoms with Crippen molar-refractivity contribution in [1.29, 1.82) is 0 Å². The molecule has 172 valence electrons. The van der Waals surface area contributed by atoms with Gasteiger partial charge in [0.2, 0.25) is 11.8 Å². The van der Waals surface area contributed by atoms with Crippen molar-refractivity contribution < 1.29 is 14.3 Å². The molecule has 0 aromatic heterocycles. The van der Waals surface area contributed by atoms with E-state index in [1.54, 1.807) is 7.11 Å². The number of nitrogens with one attached hydrogen (secondary N) is 1. The van der Waals surface area contributed by atoms with Crippen LogP contribution in [0.25, 0.3) is 0 Å². The largest absolute Gasteiger partial charge is 0.497 e. The minimum atomic E-state index is -0.145. The highest BCUT2D eigenvalue weighted by Gasteiger charge is 2.28. The first kappa shape index (κ1) is 23.6. The third-order valence-corrected chi connectivity index (χ3v) is 6.96. The molecule has 31 heavy (non-hydrogen) atoms. The van der Waals surface area contributed by atoms with E-state index in [1.165, 1.54) is 12.8 Å². The van der Waals surface area contributed by atoms with Crippen LogP contribution in [0.3, 0.4) is 0 Å². The number of hydrogen-bond donors (Lipinski definition) is 1. The number of hydrogen-bond acceptors (Lipinski definition) is 4. The molecule has 1 aliphatic carbocycles. The molecule has 1 saturated heterocycles. The lowest BCUT2D eigenvalue weighted by molar-refractivity contribution is -0.131. The van der Waals surface area contributed by atoms with E-state index in [0.29, 0.717) is 19.0 Å². The molecule has 6 nitrogen and oxygen atoms in total. The zero-order chi connectivity index (χ0) is 22.2. The van der Waals surface area contributed by atoms with E-state index >= 15 is 0 Å². The Morgan fingerprint density at radius 3 is 2.45 bits per heavy atom. The van der Waals surface area contributed by atoms with Crippen LogP contribution in [0.15, 0.2) is 24.3 Å². The molecule has 1 aromatic carbocycles. The van der Waals surface area contributed by atoms with Crippen LogP contribution in [-0.4, -0.2) is 67.0 Å². The maximum atomic E-state index is 12.8. The van der Waals surface area contributed by atoms with E-state index in [4.69, 9.17) is 4.74 Å². The van der Waals surface area contributed by atoms with Gasteiger partial charge in [-0.15, -0.1) is 0 Å². The van der Waals surface area contributed by atoms with Crippen LogP contribution in [0, 0.1) is 5.92 Å². The standard InChI is InChI=1S/C25H39N3O3/c1-19-5-10-22(11-6-19)26-25(30)20(2)27-15-4-16-28(18-17-27)24(29)14-9-21-7-12-23(31-3)13-8-21/h7-8,12-13,19-20,22H,4-6,9-11,14-18H2,1-3H3,(H,26,30). The summed E-state index contributed by atoms with van der Waals surface area (Å²) in [5.74, 6) is 1.95. The SMILES string of the molecule is COc1ccc(CCC(=O)N2CCCN(C(C)C(=O)NC3CCC(C)CC3)CC2)cc1. The lowest BCUT2D eigenvalue weighted by Crippen LogP contribution is -2.50. The Bertz CT molecular complexity index is 713. The Balaban J connectivity index is 1.43. The van der Waals surface area contributed by atoms with Crippen molar-refractivity contribution in [2.24, 2.45) is 5.92 Å². The first-order chi connectivity index (χ1) is 15.0. The van der Waals surface area contributed by atoms with E-state index in [-0.39, 0.29) is 17.9 Å². The summed E-state index contributed by atoms with van der Waals surface area (Å²) in [5.41, 5.74) is 1.15. The van der Waals surface area contributed by atoms with Crippen molar-refractivity contribution in [2.45, 2.75) is 70.9 Å². The van der Waals surface area contributed by atoms with Gasteiger partial charge in [0.05, 0.1) is 13.2 Å². The summed E-state index contributed by atoms with van der Waals surface area (Å²) in [5, 5.41) is 3.27. The van der Waals surface area contributed by atoms with Crippen LogP contribution in [-0.2, 0) is 16.0 Å². The lowest BCUT2D eigenvalue weighted by atomic mass is 9.87. The van der Waals surface area contributed by atoms with Gasteiger partial charge in [0.15, 0.2) is 0 Å². The van der Waals surface area contributed by atoms with Crippen molar-refractivity contribution in [3.8, 4) is 5.75 Å². The molecule has 1 aliphatic heterocycles. The fourth-order valence-electron chi connectivity index (χ4n) is 4.67. The Hall–Kier alpha value is -2.08. The third kappa shape index (κ3) is 6.96. The number of nitrogens with zero attached hydrogens (tertiary/aromatic N) is 2. The molecular formula is C25H39N3O3. The summed E-state index contributed by atoms with van der Waals surface area (Å²) in [6.45, 7) is 7.37. The van der Waals surface area contributed by atoms with Gasteiger partial charge >= 0.3 is 0 Å². The van der Waals surface area contributed by atoms with E-state index in [0.717, 1.165) is 62.5 Å². The molecule has 2 aliphatic rings. The zero-order valence-corrected chi connectivity index (χ0v) is 19.4. The van der Waals surface area contributed by atoms with Gasteiger partial charge in [-0.25, -0.2) is 0 Å². The van der Waals surface area contributed by atoms with E-state index in [2.05, 4.69) is 17.1 Å². The molecule has 1 heterocycles.